The fourth-order valence-corrected chi connectivity index (χ4v) is 5.08. The van der Waals surface area contributed by atoms with Crippen molar-refractivity contribution in [1.82, 2.24) is 15.1 Å². The molecule has 2 amide bonds. The summed E-state index contributed by atoms with van der Waals surface area (Å²) in [7, 11) is 0. The number of nitrogens with zero attached hydrogens (tertiary/aromatic N) is 2. The van der Waals surface area contributed by atoms with E-state index in [0.29, 0.717) is 18.7 Å². The van der Waals surface area contributed by atoms with Crippen molar-refractivity contribution in [1.29, 1.82) is 0 Å². The molecule has 1 aliphatic carbocycles. The van der Waals surface area contributed by atoms with Crippen LogP contribution in [0.1, 0.15) is 64.0 Å². The van der Waals surface area contributed by atoms with E-state index in [0.717, 1.165) is 57.7 Å². The third kappa shape index (κ3) is 4.76. The van der Waals surface area contributed by atoms with Crippen molar-refractivity contribution in [2.24, 2.45) is 11.8 Å². The van der Waals surface area contributed by atoms with Gasteiger partial charge < -0.3 is 10.2 Å². The first kappa shape index (κ1) is 22.2. The van der Waals surface area contributed by atoms with E-state index >= 15 is 0 Å². The Morgan fingerprint density at radius 3 is 2.35 bits per heavy atom. The second-order valence-electron chi connectivity index (χ2n) is 9.86. The van der Waals surface area contributed by atoms with E-state index in [2.05, 4.69) is 10.2 Å². The first-order chi connectivity index (χ1) is 14.8. The standard InChI is InChI=1S/C24H33F2N3O2/c1-24(2,29-12-3-4-13-29)21(17-9-10-19(25)20(26)14-17)27-22(30)18-6-5-11-28(15-18)23(31)16-7-8-16/h9-10,14,16,18,21H,3-8,11-13,15H2,1-2H3,(H,27,30)/t18-,21-/m1/s1. The summed E-state index contributed by atoms with van der Waals surface area (Å²) >= 11 is 0. The molecule has 0 radical (unpaired) electrons. The van der Waals surface area contributed by atoms with E-state index < -0.39 is 23.2 Å². The summed E-state index contributed by atoms with van der Waals surface area (Å²) in [6, 6.07) is 3.40. The van der Waals surface area contributed by atoms with Crippen molar-refractivity contribution in [2.45, 2.75) is 64.0 Å². The van der Waals surface area contributed by atoms with Crippen LogP contribution in [0.15, 0.2) is 18.2 Å². The lowest BCUT2D eigenvalue weighted by atomic mass is 9.85. The van der Waals surface area contributed by atoms with Crippen LogP contribution in [0.25, 0.3) is 0 Å². The molecule has 1 aromatic carbocycles. The molecule has 0 aromatic heterocycles. The summed E-state index contributed by atoms with van der Waals surface area (Å²) in [6.45, 7) is 7.08. The Bertz CT molecular complexity index is 834. The molecule has 170 valence electrons. The molecule has 5 nitrogen and oxygen atoms in total. The molecule has 4 rings (SSSR count). The number of likely N-dealkylation sites (tertiary alicyclic amines) is 2. The fraction of sp³-hybridized carbons (Fsp3) is 0.667. The minimum atomic E-state index is -0.909. The van der Waals surface area contributed by atoms with Gasteiger partial charge in [0.2, 0.25) is 11.8 Å². The number of benzene rings is 1. The van der Waals surface area contributed by atoms with E-state index in [9.17, 15) is 18.4 Å². The van der Waals surface area contributed by atoms with Gasteiger partial charge in [-0.3, -0.25) is 14.5 Å². The van der Waals surface area contributed by atoms with Crippen LogP contribution in [0.3, 0.4) is 0 Å². The summed E-state index contributed by atoms with van der Waals surface area (Å²) in [5.74, 6) is -1.88. The van der Waals surface area contributed by atoms with Gasteiger partial charge in [-0.2, -0.15) is 0 Å². The quantitative estimate of drug-likeness (QED) is 0.745. The Morgan fingerprint density at radius 1 is 1.00 bits per heavy atom. The van der Waals surface area contributed by atoms with Crippen LogP contribution in [0.2, 0.25) is 0 Å². The van der Waals surface area contributed by atoms with Gasteiger partial charge in [0.15, 0.2) is 11.6 Å². The Morgan fingerprint density at radius 2 is 1.71 bits per heavy atom. The number of hydrogen-bond acceptors (Lipinski definition) is 3. The molecule has 2 saturated heterocycles. The van der Waals surface area contributed by atoms with Gasteiger partial charge in [0.05, 0.1) is 12.0 Å². The number of rotatable bonds is 6. The van der Waals surface area contributed by atoms with Gasteiger partial charge in [0.25, 0.3) is 0 Å². The highest BCUT2D eigenvalue weighted by Gasteiger charge is 2.41. The van der Waals surface area contributed by atoms with E-state index in [-0.39, 0.29) is 23.7 Å². The number of hydrogen-bond donors (Lipinski definition) is 1. The minimum Gasteiger partial charge on any atom is -0.347 e. The highest BCUT2D eigenvalue weighted by Crippen LogP contribution is 2.36. The van der Waals surface area contributed by atoms with Gasteiger partial charge in [-0.25, -0.2) is 8.78 Å². The Balaban J connectivity index is 1.54. The Labute approximate surface area is 183 Å². The van der Waals surface area contributed by atoms with E-state index in [1.54, 1.807) is 6.07 Å². The number of carbonyl (C=O) groups excluding carboxylic acids is 2. The molecule has 2 heterocycles. The van der Waals surface area contributed by atoms with Crippen LogP contribution < -0.4 is 5.32 Å². The molecule has 1 aromatic rings. The number of amides is 2. The summed E-state index contributed by atoms with van der Waals surface area (Å²) in [5.41, 5.74) is 0.0973. The van der Waals surface area contributed by atoms with Crippen molar-refractivity contribution in [3.05, 3.63) is 35.4 Å². The summed E-state index contributed by atoms with van der Waals surface area (Å²) in [4.78, 5) is 29.9. The van der Waals surface area contributed by atoms with Crippen LogP contribution in [-0.2, 0) is 9.59 Å². The van der Waals surface area contributed by atoms with Gasteiger partial charge in [-0.05, 0) is 83.2 Å². The molecule has 3 fully saturated rings. The highest BCUT2D eigenvalue weighted by atomic mass is 19.2. The maximum atomic E-state index is 14.1. The van der Waals surface area contributed by atoms with E-state index in [4.69, 9.17) is 0 Å². The second kappa shape index (κ2) is 8.85. The van der Waals surface area contributed by atoms with Crippen molar-refractivity contribution < 1.29 is 18.4 Å². The summed E-state index contributed by atoms with van der Waals surface area (Å²) in [6.07, 6.45) is 5.62. The maximum Gasteiger partial charge on any atom is 0.225 e. The lowest BCUT2D eigenvalue weighted by Crippen LogP contribution is -2.55. The number of nitrogens with one attached hydrogen (secondary N) is 1. The molecule has 2 aliphatic heterocycles. The van der Waals surface area contributed by atoms with Crippen molar-refractivity contribution >= 4 is 11.8 Å². The number of piperidine rings is 1. The topological polar surface area (TPSA) is 52.7 Å². The number of carbonyl (C=O) groups is 2. The third-order valence-corrected chi connectivity index (χ3v) is 7.22. The third-order valence-electron chi connectivity index (χ3n) is 7.22. The fourth-order valence-electron chi connectivity index (χ4n) is 5.08. The molecular formula is C24H33F2N3O2. The first-order valence-electron chi connectivity index (χ1n) is 11.6. The maximum absolute atomic E-state index is 14.1. The monoisotopic (exact) mass is 433 g/mol. The van der Waals surface area contributed by atoms with Crippen LogP contribution in [0.5, 0.6) is 0 Å². The largest absolute Gasteiger partial charge is 0.347 e. The number of halogens is 2. The predicted octanol–water partition coefficient (Wildman–Crippen LogP) is 3.65. The lowest BCUT2D eigenvalue weighted by Gasteiger charge is -2.43. The van der Waals surface area contributed by atoms with E-state index in [1.165, 1.54) is 6.07 Å². The van der Waals surface area contributed by atoms with Crippen LogP contribution in [0.4, 0.5) is 8.78 Å². The summed E-state index contributed by atoms with van der Waals surface area (Å²) in [5, 5.41) is 3.16. The first-order valence-corrected chi connectivity index (χ1v) is 11.6. The molecule has 0 bridgehead atoms. The summed E-state index contributed by atoms with van der Waals surface area (Å²) < 4.78 is 27.7. The zero-order chi connectivity index (χ0) is 22.2. The molecule has 1 N–H and O–H groups in total. The van der Waals surface area contributed by atoms with Gasteiger partial charge in [0, 0.05) is 24.5 Å². The van der Waals surface area contributed by atoms with Gasteiger partial charge >= 0.3 is 0 Å². The smallest absolute Gasteiger partial charge is 0.225 e. The Hall–Kier alpha value is -2.02. The Kier molecular flexibility index (Phi) is 6.33. The van der Waals surface area contributed by atoms with Crippen molar-refractivity contribution in [3.8, 4) is 0 Å². The molecule has 7 heteroatoms. The van der Waals surface area contributed by atoms with Crippen LogP contribution in [-0.4, -0.2) is 53.3 Å². The molecular weight excluding hydrogens is 400 g/mol. The highest BCUT2D eigenvalue weighted by molar-refractivity contribution is 5.83. The van der Waals surface area contributed by atoms with Crippen molar-refractivity contribution in [3.63, 3.8) is 0 Å². The molecule has 31 heavy (non-hydrogen) atoms. The van der Waals surface area contributed by atoms with Gasteiger partial charge in [-0.15, -0.1) is 0 Å². The van der Waals surface area contributed by atoms with E-state index in [1.807, 2.05) is 18.7 Å². The molecule has 0 spiro atoms. The second-order valence-corrected chi connectivity index (χ2v) is 9.86. The normalized spacial score (nSPS) is 23.6. The van der Waals surface area contributed by atoms with Gasteiger partial charge in [0.1, 0.15) is 0 Å². The zero-order valence-corrected chi connectivity index (χ0v) is 18.5. The van der Waals surface area contributed by atoms with Crippen LogP contribution >= 0.6 is 0 Å². The average Bonchev–Trinajstić information content (AvgIpc) is 3.45. The van der Waals surface area contributed by atoms with Crippen molar-refractivity contribution in [2.75, 3.05) is 26.2 Å². The predicted molar refractivity (Wildman–Crippen MR) is 114 cm³/mol. The SMILES string of the molecule is CC(C)([C@H](NC(=O)[C@@H]1CCCN(C(=O)C2CC2)C1)c1ccc(F)c(F)c1)N1CCCC1. The zero-order valence-electron chi connectivity index (χ0n) is 18.5. The molecule has 2 atom stereocenters. The molecule has 1 saturated carbocycles. The average molecular weight is 434 g/mol. The van der Waals surface area contributed by atoms with Gasteiger partial charge in [-0.1, -0.05) is 6.07 Å². The molecule has 3 aliphatic rings. The molecule has 0 unspecified atom stereocenters. The van der Waals surface area contributed by atoms with Crippen LogP contribution in [0, 0.1) is 23.5 Å². The lowest BCUT2D eigenvalue weighted by molar-refractivity contribution is -0.137. The minimum absolute atomic E-state index is 0.115.